The number of methoxy groups -OCH3 is 1. The highest BCUT2D eigenvalue weighted by Crippen LogP contribution is 2.40. The van der Waals surface area contributed by atoms with Gasteiger partial charge in [-0.15, -0.1) is 0 Å². The van der Waals surface area contributed by atoms with Gasteiger partial charge in [0.1, 0.15) is 5.56 Å². The Balaban J connectivity index is 2.08. The molecule has 2 aromatic rings. The Kier molecular flexibility index (Phi) is 8.60. The van der Waals surface area contributed by atoms with Crippen molar-refractivity contribution < 1.29 is 36.6 Å². The minimum absolute atomic E-state index is 0.0404. The molecular formula is C27H30F4N2O4. The first-order valence-electron chi connectivity index (χ1n) is 12.0. The molecule has 10 heteroatoms. The van der Waals surface area contributed by atoms with Gasteiger partial charge in [0.2, 0.25) is 11.8 Å². The SMILES string of the molecule is C=Cc1cnc(Oc2cc(C(=O)OC)c(N(C(=O)C3CCC(C)CC3)C(C)C)cc2F)c(C(F)(F)F)c1. The van der Waals surface area contributed by atoms with Crippen LogP contribution in [-0.4, -0.2) is 30.0 Å². The fourth-order valence-corrected chi connectivity index (χ4v) is 4.42. The molecule has 1 saturated carbocycles. The van der Waals surface area contributed by atoms with Gasteiger partial charge in [-0.05, 0) is 57.1 Å². The number of benzene rings is 1. The Morgan fingerprint density at radius 3 is 2.35 bits per heavy atom. The van der Waals surface area contributed by atoms with Gasteiger partial charge >= 0.3 is 12.1 Å². The van der Waals surface area contributed by atoms with Gasteiger partial charge in [-0.1, -0.05) is 19.6 Å². The van der Waals surface area contributed by atoms with Crippen molar-refractivity contribution in [3.63, 3.8) is 0 Å². The van der Waals surface area contributed by atoms with E-state index >= 15 is 4.39 Å². The number of carbonyl (C=O) groups excluding carboxylic acids is 2. The van der Waals surface area contributed by atoms with Crippen LogP contribution in [0.4, 0.5) is 23.2 Å². The van der Waals surface area contributed by atoms with Crippen LogP contribution in [0.1, 0.15) is 67.9 Å². The lowest BCUT2D eigenvalue weighted by Gasteiger charge is -2.34. The molecule has 1 aliphatic carbocycles. The number of alkyl halides is 3. The maximum absolute atomic E-state index is 15.3. The maximum Gasteiger partial charge on any atom is 0.421 e. The molecule has 6 nitrogen and oxygen atoms in total. The smallest absolute Gasteiger partial charge is 0.421 e. The van der Waals surface area contributed by atoms with Crippen LogP contribution in [0, 0.1) is 17.7 Å². The van der Waals surface area contributed by atoms with Crippen LogP contribution in [-0.2, 0) is 15.7 Å². The summed E-state index contributed by atoms with van der Waals surface area (Å²) in [5, 5.41) is 0. The summed E-state index contributed by atoms with van der Waals surface area (Å²) in [6, 6.07) is 2.18. The van der Waals surface area contributed by atoms with Gasteiger partial charge in [0.25, 0.3) is 0 Å². The number of esters is 1. The highest BCUT2D eigenvalue weighted by molar-refractivity contribution is 6.04. The third kappa shape index (κ3) is 6.29. The first-order chi connectivity index (χ1) is 17.4. The molecule has 0 N–H and O–H groups in total. The average Bonchev–Trinajstić information content (AvgIpc) is 2.84. The molecule has 0 radical (unpaired) electrons. The quantitative estimate of drug-likeness (QED) is 0.289. The molecular weight excluding hydrogens is 492 g/mol. The molecule has 3 rings (SSSR count). The Hall–Kier alpha value is -3.43. The normalized spacial score (nSPS) is 17.9. The van der Waals surface area contributed by atoms with E-state index in [9.17, 15) is 22.8 Å². The van der Waals surface area contributed by atoms with E-state index in [4.69, 9.17) is 9.47 Å². The summed E-state index contributed by atoms with van der Waals surface area (Å²) in [7, 11) is 1.11. The van der Waals surface area contributed by atoms with Gasteiger partial charge in [0.15, 0.2) is 11.6 Å². The zero-order valence-electron chi connectivity index (χ0n) is 21.2. The predicted molar refractivity (Wildman–Crippen MR) is 131 cm³/mol. The third-order valence-corrected chi connectivity index (χ3v) is 6.45. The lowest BCUT2D eigenvalue weighted by molar-refractivity contribution is -0.139. The number of amides is 1. The Morgan fingerprint density at radius 1 is 1.16 bits per heavy atom. The van der Waals surface area contributed by atoms with Crippen molar-refractivity contribution in [2.45, 2.75) is 58.7 Å². The number of anilines is 1. The molecule has 1 aliphatic rings. The molecule has 1 heterocycles. The van der Waals surface area contributed by atoms with E-state index in [-0.39, 0.29) is 28.6 Å². The lowest BCUT2D eigenvalue weighted by atomic mass is 9.82. The van der Waals surface area contributed by atoms with Crippen LogP contribution in [0.5, 0.6) is 11.6 Å². The summed E-state index contributed by atoms with van der Waals surface area (Å²) in [6.45, 7) is 9.00. The number of nitrogens with zero attached hydrogens (tertiary/aromatic N) is 2. The minimum atomic E-state index is -4.85. The lowest BCUT2D eigenvalue weighted by Crippen LogP contribution is -2.43. The van der Waals surface area contributed by atoms with Crippen LogP contribution in [0.25, 0.3) is 6.08 Å². The molecule has 1 amide bonds. The summed E-state index contributed by atoms with van der Waals surface area (Å²) < 4.78 is 66.2. The predicted octanol–water partition coefficient (Wildman–Crippen LogP) is 7.03. The van der Waals surface area contributed by atoms with Crippen molar-refractivity contribution in [1.82, 2.24) is 4.98 Å². The topological polar surface area (TPSA) is 68.7 Å². The number of rotatable bonds is 7. The van der Waals surface area contributed by atoms with E-state index in [2.05, 4.69) is 18.5 Å². The van der Waals surface area contributed by atoms with Crippen LogP contribution in [0.15, 0.2) is 31.0 Å². The third-order valence-electron chi connectivity index (χ3n) is 6.45. The van der Waals surface area contributed by atoms with Gasteiger partial charge < -0.3 is 14.4 Å². The molecule has 1 fully saturated rings. The van der Waals surface area contributed by atoms with Crippen molar-refractivity contribution in [2.75, 3.05) is 12.0 Å². The highest BCUT2D eigenvalue weighted by Gasteiger charge is 2.37. The van der Waals surface area contributed by atoms with Crippen molar-refractivity contribution >= 4 is 23.6 Å². The van der Waals surface area contributed by atoms with Gasteiger partial charge in [0, 0.05) is 30.3 Å². The zero-order chi connectivity index (χ0) is 27.5. The van der Waals surface area contributed by atoms with E-state index in [1.807, 2.05) is 0 Å². The molecule has 0 aliphatic heterocycles. The van der Waals surface area contributed by atoms with Crippen molar-refractivity contribution in [2.24, 2.45) is 11.8 Å². The molecule has 37 heavy (non-hydrogen) atoms. The van der Waals surface area contributed by atoms with E-state index in [0.29, 0.717) is 18.8 Å². The second kappa shape index (κ2) is 11.3. The number of carbonyl (C=O) groups is 2. The molecule has 1 aromatic carbocycles. The Morgan fingerprint density at radius 2 is 1.81 bits per heavy atom. The van der Waals surface area contributed by atoms with E-state index in [1.165, 1.54) is 11.0 Å². The van der Waals surface area contributed by atoms with Crippen molar-refractivity contribution in [3.05, 3.63) is 53.5 Å². The molecule has 0 atom stereocenters. The largest absolute Gasteiger partial charge is 0.465 e. The van der Waals surface area contributed by atoms with Crippen LogP contribution in [0.2, 0.25) is 0 Å². The molecule has 1 aromatic heterocycles. The summed E-state index contributed by atoms with van der Waals surface area (Å²) in [5.41, 5.74) is -1.41. The average molecular weight is 523 g/mol. The Labute approximate surface area is 213 Å². The number of pyridine rings is 1. The minimum Gasteiger partial charge on any atom is -0.465 e. The highest BCUT2D eigenvalue weighted by atomic mass is 19.4. The zero-order valence-corrected chi connectivity index (χ0v) is 21.2. The summed E-state index contributed by atoms with van der Waals surface area (Å²) in [5.74, 6) is -3.56. The number of aromatic nitrogens is 1. The standard InChI is InChI=1S/C27H30F4N2O4/c1-6-17-11-20(27(29,30)31)24(32-14-17)37-23-12-19(26(35)36-5)22(13-21(23)28)33(15(2)3)25(34)18-9-7-16(4)8-10-18/h6,11-16,18H,1,7-10H2,2-5H3. The second-order valence-corrected chi connectivity index (χ2v) is 9.48. The van der Waals surface area contributed by atoms with Crippen molar-refractivity contribution in [3.8, 4) is 11.6 Å². The molecule has 0 saturated heterocycles. The monoisotopic (exact) mass is 522 g/mol. The van der Waals surface area contributed by atoms with Crippen LogP contribution in [0.3, 0.4) is 0 Å². The van der Waals surface area contributed by atoms with Gasteiger partial charge in [-0.2, -0.15) is 13.2 Å². The second-order valence-electron chi connectivity index (χ2n) is 9.48. The number of ether oxygens (including phenoxy) is 2. The van der Waals surface area contributed by atoms with E-state index < -0.39 is 41.2 Å². The Bertz CT molecular complexity index is 1170. The summed E-state index contributed by atoms with van der Waals surface area (Å²) in [4.78, 5) is 31.2. The molecule has 200 valence electrons. The van der Waals surface area contributed by atoms with Gasteiger partial charge in [0.05, 0.1) is 18.4 Å². The van der Waals surface area contributed by atoms with Crippen LogP contribution < -0.4 is 9.64 Å². The van der Waals surface area contributed by atoms with Crippen molar-refractivity contribution in [1.29, 1.82) is 0 Å². The van der Waals surface area contributed by atoms with Gasteiger partial charge in [-0.25, -0.2) is 14.2 Å². The number of halogens is 4. The van der Waals surface area contributed by atoms with E-state index in [0.717, 1.165) is 44.3 Å². The summed E-state index contributed by atoms with van der Waals surface area (Å²) >= 11 is 0. The first kappa shape index (κ1) is 28.1. The number of hydrogen-bond donors (Lipinski definition) is 0. The molecule has 0 bridgehead atoms. The van der Waals surface area contributed by atoms with Gasteiger partial charge in [-0.3, -0.25) is 4.79 Å². The molecule has 0 unspecified atom stereocenters. The van der Waals surface area contributed by atoms with Crippen LogP contribution >= 0.6 is 0 Å². The fraction of sp³-hybridized carbons (Fsp3) is 0.444. The summed E-state index contributed by atoms with van der Waals surface area (Å²) in [6.07, 6.45) is 0.539. The fourth-order valence-electron chi connectivity index (χ4n) is 4.42. The van der Waals surface area contributed by atoms with E-state index in [1.54, 1.807) is 13.8 Å². The molecule has 0 spiro atoms. The maximum atomic E-state index is 15.3. The number of hydrogen-bond acceptors (Lipinski definition) is 5. The first-order valence-corrected chi connectivity index (χ1v) is 12.0.